The zero-order valence-corrected chi connectivity index (χ0v) is 14.7. The van der Waals surface area contributed by atoms with E-state index in [1.54, 1.807) is 18.2 Å². The van der Waals surface area contributed by atoms with Crippen molar-refractivity contribution in [2.24, 2.45) is 11.5 Å². The van der Waals surface area contributed by atoms with Crippen molar-refractivity contribution in [3.05, 3.63) is 65.5 Å². The van der Waals surface area contributed by atoms with Gasteiger partial charge in [0.2, 0.25) is 0 Å². The molecule has 0 saturated heterocycles. The van der Waals surface area contributed by atoms with Gasteiger partial charge in [-0.15, -0.1) is 0 Å². The van der Waals surface area contributed by atoms with E-state index in [-0.39, 0.29) is 5.82 Å². The van der Waals surface area contributed by atoms with Crippen LogP contribution in [-0.4, -0.2) is 9.97 Å². The van der Waals surface area contributed by atoms with Crippen LogP contribution in [0.25, 0.3) is 11.3 Å². The van der Waals surface area contributed by atoms with Crippen molar-refractivity contribution in [3.8, 4) is 11.3 Å². The number of hydrogen-bond donors (Lipinski definition) is 3. The molecule has 0 radical (unpaired) electrons. The smallest absolute Gasteiger partial charge is 0.141 e. The summed E-state index contributed by atoms with van der Waals surface area (Å²) in [6, 6.07) is 3.82. The molecule has 0 aliphatic heterocycles. The van der Waals surface area contributed by atoms with Gasteiger partial charge in [-0.05, 0) is 67.1 Å². The van der Waals surface area contributed by atoms with E-state index in [4.69, 9.17) is 17.2 Å². The van der Waals surface area contributed by atoms with E-state index in [2.05, 4.69) is 9.97 Å². The number of aromatic nitrogens is 2. The van der Waals surface area contributed by atoms with Gasteiger partial charge < -0.3 is 17.2 Å². The van der Waals surface area contributed by atoms with E-state index in [1.165, 1.54) is 25.0 Å². The molecule has 0 amide bonds. The molecule has 1 heterocycles. The van der Waals surface area contributed by atoms with Crippen molar-refractivity contribution in [3.63, 3.8) is 0 Å². The highest BCUT2D eigenvalue weighted by Crippen LogP contribution is 2.40. The van der Waals surface area contributed by atoms with Gasteiger partial charge in [0, 0.05) is 11.3 Å². The summed E-state index contributed by atoms with van der Waals surface area (Å²) in [7, 11) is 0. The second-order valence-electron chi connectivity index (χ2n) is 6.58. The van der Waals surface area contributed by atoms with Crippen LogP contribution in [0.4, 0.5) is 10.2 Å². The summed E-state index contributed by atoms with van der Waals surface area (Å²) >= 11 is 0. The number of allylic oxidation sites excluding steroid dienone is 3. The second-order valence-corrected chi connectivity index (χ2v) is 6.58. The highest BCUT2D eigenvalue weighted by molar-refractivity contribution is 5.62. The Balaban J connectivity index is 1.95. The third kappa shape index (κ3) is 3.85. The lowest BCUT2D eigenvalue weighted by atomic mass is 9.77. The van der Waals surface area contributed by atoms with Crippen LogP contribution in [0.5, 0.6) is 0 Å². The predicted octanol–water partition coefficient (Wildman–Crippen LogP) is 3.38. The fourth-order valence-corrected chi connectivity index (χ4v) is 3.20. The molecule has 6 N–H and O–H groups in total. The minimum atomic E-state index is -0.240. The maximum absolute atomic E-state index is 15.3. The van der Waals surface area contributed by atoms with E-state index >= 15 is 4.39 Å². The molecule has 0 unspecified atom stereocenters. The summed E-state index contributed by atoms with van der Waals surface area (Å²) in [6.45, 7) is 0. The van der Waals surface area contributed by atoms with Gasteiger partial charge in [-0.2, -0.15) is 0 Å². The van der Waals surface area contributed by atoms with E-state index in [9.17, 15) is 0 Å². The summed E-state index contributed by atoms with van der Waals surface area (Å²) < 4.78 is 15.3. The third-order valence-electron chi connectivity index (χ3n) is 4.86. The molecule has 0 spiro atoms. The number of benzene rings is 1. The topological polar surface area (TPSA) is 104 Å². The standard InChI is InChI=1S/C20H24FN5/c21-20-16(7-6-14(23)5-2-10-22)15(13-3-1-4-13)8-9-17(20)18-11-26-19(24)12-25-18/h2,5,8-13H,1,3-4,6-7,22-23H2,(H2,24,26)/b10-2-,14-5-. The minimum absolute atomic E-state index is 0.240. The van der Waals surface area contributed by atoms with Gasteiger partial charge >= 0.3 is 0 Å². The van der Waals surface area contributed by atoms with Gasteiger partial charge in [0.25, 0.3) is 0 Å². The Morgan fingerprint density at radius 3 is 2.65 bits per heavy atom. The van der Waals surface area contributed by atoms with E-state index in [0.29, 0.717) is 41.5 Å². The van der Waals surface area contributed by atoms with Gasteiger partial charge in [-0.25, -0.2) is 9.37 Å². The Hall–Kier alpha value is -2.89. The lowest BCUT2D eigenvalue weighted by Crippen LogP contribution is -2.14. The first-order chi connectivity index (χ1) is 12.6. The second kappa shape index (κ2) is 7.99. The third-order valence-corrected chi connectivity index (χ3v) is 4.86. The van der Waals surface area contributed by atoms with Gasteiger partial charge in [-0.3, -0.25) is 4.98 Å². The first kappa shape index (κ1) is 17.9. The van der Waals surface area contributed by atoms with Gasteiger partial charge in [-0.1, -0.05) is 12.5 Å². The molecule has 0 bridgehead atoms. The zero-order chi connectivity index (χ0) is 18.5. The molecule has 26 heavy (non-hydrogen) atoms. The summed E-state index contributed by atoms with van der Waals surface area (Å²) in [4.78, 5) is 8.23. The predicted molar refractivity (Wildman–Crippen MR) is 102 cm³/mol. The van der Waals surface area contributed by atoms with Crippen molar-refractivity contribution in [1.82, 2.24) is 9.97 Å². The molecule has 1 aliphatic rings. The molecule has 1 aromatic heterocycles. The molecule has 6 heteroatoms. The van der Waals surface area contributed by atoms with Gasteiger partial charge in [0.1, 0.15) is 11.6 Å². The molecule has 0 atom stereocenters. The molecule has 1 aliphatic carbocycles. The van der Waals surface area contributed by atoms with Crippen molar-refractivity contribution >= 4 is 5.82 Å². The first-order valence-electron chi connectivity index (χ1n) is 8.82. The lowest BCUT2D eigenvalue weighted by molar-refractivity contribution is 0.414. The van der Waals surface area contributed by atoms with Gasteiger partial charge in [0.05, 0.1) is 18.1 Å². The number of nitrogen functional groups attached to an aromatic ring is 1. The summed E-state index contributed by atoms with van der Waals surface area (Å²) in [6.07, 6.45) is 12.3. The van der Waals surface area contributed by atoms with Gasteiger partial charge in [0.15, 0.2) is 0 Å². The molecular weight excluding hydrogens is 329 g/mol. The molecule has 1 fully saturated rings. The maximum atomic E-state index is 15.3. The summed E-state index contributed by atoms with van der Waals surface area (Å²) in [5.74, 6) is 0.502. The largest absolute Gasteiger partial charge is 0.405 e. The molecule has 1 saturated carbocycles. The Morgan fingerprint density at radius 2 is 2.04 bits per heavy atom. The highest BCUT2D eigenvalue weighted by Gasteiger charge is 2.25. The number of anilines is 1. The summed E-state index contributed by atoms with van der Waals surface area (Å²) in [5.41, 5.74) is 20.3. The van der Waals surface area contributed by atoms with Crippen LogP contribution >= 0.6 is 0 Å². The maximum Gasteiger partial charge on any atom is 0.141 e. The van der Waals surface area contributed by atoms with Crippen LogP contribution in [-0.2, 0) is 6.42 Å². The normalized spacial score (nSPS) is 15.3. The number of halogens is 1. The number of hydrogen-bond acceptors (Lipinski definition) is 5. The number of nitrogens with two attached hydrogens (primary N) is 3. The molecule has 2 aromatic rings. The monoisotopic (exact) mass is 353 g/mol. The van der Waals surface area contributed by atoms with Crippen LogP contribution in [0, 0.1) is 5.82 Å². The SMILES string of the molecule is N/C=C\C=C(/N)CCc1c(C2CCC2)ccc(-c2cnc(N)cn2)c1F. The zero-order valence-electron chi connectivity index (χ0n) is 14.7. The fraction of sp³-hybridized carbons (Fsp3) is 0.300. The lowest BCUT2D eigenvalue weighted by Gasteiger charge is -2.28. The Kier molecular flexibility index (Phi) is 5.51. The molecular formula is C20H24FN5. The Labute approximate surface area is 152 Å². The Morgan fingerprint density at radius 1 is 1.23 bits per heavy atom. The average Bonchev–Trinajstić information content (AvgIpc) is 2.59. The fourth-order valence-electron chi connectivity index (χ4n) is 3.20. The molecule has 5 nitrogen and oxygen atoms in total. The minimum Gasteiger partial charge on any atom is -0.405 e. The first-order valence-corrected chi connectivity index (χ1v) is 8.82. The van der Waals surface area contributed by atoms with Crippen LogP contribution in [0.3, 0.4) is 0 Å². The molecule has 3 rings (SSSR count). The number of nitrogens with zero attached hydrogens (tertiary/aromatic N) is 2. The average molecular weight is 353 g/mol. The quantitative estimate of drug-likeness (QED) is 0.691. The highest BCUT2D eigenvalue weighted by atomic mass is 19.1. The van der Waals surface area contributed by atoms with Crippen LogP contribution in [0.15, 0.2) is 48.6 Å². The van der Waals surface area contributed by atoms with Crippen molar-refractivity contribution in [2.45, 2.75) is 38.0 Å². The van der Waals surface area contributed by atoms with Crippen LogP contribution in [0.1, 0.15) is 42.7 Å². The van der Waals surface area contributed by atoms with E-state index in [0.717, 1.165) is 24.0 Å². The molecule has 1 aromatic carbocycles. The van der Waals surface area contributed by atoms with E-state index in [1.807, 2.05) is 6.07 Å². The van der Waals surface area contributed by atoms with E-state index < -0.39 is 0 Å². The van der Waals surface area contributed by atoms with Crippen LogP contribution < -0.4 is 17.2 Å². The van der Waals surface area contributed by atoms with Crippen LogP contribution in [0.2, 0.25) is 0 Å². The van der Waals surface area contributed by atoms with Crippen molar-refractivity contribution < 1.29 is 4.39 Å². The number of rotatable bonds is 6. The van der Waals surface area contributed by atoms with Crippen molar-refractivity contribution in [2.75, 3.05) is 5.73 Å². The Bertz CT molecular complexity index is 823. The molecule has 136 valence electrons. The summed E-state index contributed by atoms with van der Waals surface area (Å²) in [5, 5.41) is 0. The van der Waals surface area contributed by atoms with Crippen molar-refractivity contribution in [1.29, 1.82) is 0 Å².